The first-order valence-electron chi connectivity index (χ1n) is 6.49. The summed E-state index contributed by atoms with van der Waals surface area (Å²) in [6.45, 7) is -0.107. The van der Waals surface area contributed by atoms with Crippen LogP contribution in [0.5, 0.6) is 5.75 Å². The van der Waals surface area contributed by atoms with E-state index in [9.17, 15) is 17.6 Å². The highest BCUT2D eigenvalue weighted by Gasteiger charge is 2.15. The number of halogens is 1. The van der Waals surface area contributed by atoms with Crippen molar-refractivity contribution in [3.63, 3.8) is 0 Å². The molecule has 0 aromatic heterocycles. The van der Waals surface area contributed by atoms with Gasteiger partial charge in [0, 0.05) is 6.54 Å². The Bertz CT molecular complexity index is 818. The molecule has 0 saturated carbocycles. The van der Waals surface area contributed by atoms with Crippen molar-refractivity contribution in [2.45, 2.75) is 11.4 Å². The van der Waals surface area contributed by atoms with Crippen LogP contribution in [0.15, 0.2) is 47.4 Å². The number of aromatic carboxylic acids is 1. The smallest absolute Gasteiger partial charge is 0.335 e. The van der Waals surface area contributed by atoms with E-state index in [-0.39, 0.29) is 22.8 Å². The molecule has 0 saturated heterocycles. The molecular formula is C15H14FNO5S. The number of rotatable bonds is 6. The maximum atomic E-state index is 13.6. The number of carbonyl (C=O) groups is 1. The Morgan fingerprint density at radius 3 is 2.39 bits per heavy atom. The van der Waals surface area contributed by atoms with Gasteiger partial charge in [0.1, 0.15) is 0 Å². The highest BCUT2D eigenvalue weighted by molar-refractivity contribution is 7.89. The highest BCUT2D eigenvalue weighted by atomic mass is 32.2. The Morgan fingerprint density at radius 1 is 1.22 bits per heavy atom. The maximum Gasteiger partial charge on any atom is 0.335 e. The van der Waals surface area contributed by atoms with E-state index in [0.717, 1.165) is 0 Å². The monoisotopic (exact) mass is 339 g/mol. The Morgan fingerprint density at radius 2 is 1.87 bits per heavy atom. The van der Waals surface area contributed by atoms with Gasteiger partial charge in [-0.1, -0.05) is 6.07 Å². The zero-order chi connectivity index (χ0) is 17.0. The summed E-state index contributed by atoms with van der Waals surface area (Å²) in [5, 5.41) is 8.79. The normalized spacial score (nSPS) is 11.2. The SMILES string of the molecule is COc1ccc(CNS(=O)(=O)c2ccc(C(=O)O)cc2)cc1F. The first kappa shape index (κ1) is 16.9. The fourth-order valence-electron chi connectivity index (χ4n) is 1.86. The summed E-state index contributed by atoms with van der Waals surface area (Å²) in [6, 6.07) is 8.90. The number of benzene rings is 2. The van der Waals surface area contributed by atoms with Crippen LogP contribution >= 0.6 is 0 Å². The predicted octanol–water partition coefficient (Wildman–Crippen LogP) is 2.01. The lowest BCUT2D eigenvalue weighted by Crippen LogP contribution is -2.23. The summed E-state index contributed by atoms with van der Waals surface area (Å²) >= 11 is 0. The van der Waals surface area contributed by atoms with E-state index >= 15 is 0 Å². The summed E-state index contributed by atoms with van der Waals surface area (Å²) in [6.07, 6.45) is 0. The first-order chi connectivity index (χ1) is 10.8. The van der Waals surface area contributed by atoms with Crippen molar-refractivity contribution < 1.29 is 27.4 Å². The van der Waals surface area contributed by atoms with Gasteiger partial charge in [0.15, 0.2) is 11.6 Å². The molecular weight excluding hydrogens is 325 g/mol. The maximum absolute atomic E-state index is 13.6. The molecule has 0 atom stereocenters. The number of nitrogens with one attached hydrogen (secondary N) is 1. The van der Waals surface area contributed by atoms with Crippen molar-refractivity contribution in [1.29, 1.82) is 0 Å². The minimum absolute atomic E-state index is 0.0128. The lowest BCUT2D eigenvalue weighted by Gasteiger charge is -2.08. The molecule has 0 aliphatic heterocycles. The molecule has 2 aromatic rings. The molecule has 0 spiro atoms. The van der Waals surface area contributed by atoms with Crippen LogP contribution in [0.4, 0.5) is 4.39 Å². The average Bonchev–Trinajstić information content (AvgIpc) is 2.53. The van der Waals surface area contributed by atoms with Crippen molar-refractivity contribution in [1.82, 2.24) is 4.72 Å². The van der Waals surface area contributed by atoms with Crippen molar-refractivity contribution in [2.75, 3.05) is 7.11 Å². The quantitative estimate of drug-likeness (QED) is 0.840. The van der Waals surface area contributed by atoms with Gasteiger partial charge in [-0.15, -0.1) is 0 Å². The largest absolute Gasteiger partial charge is 0.494 e. The average molecular weight is 339 g/mol. The number of ether oxygens (including phenoxy) is 1. The van der Waals surface area contributed by atoms with Gasteiger partial charge < -0.3 is 9.84 Å². The van der Waals surface area contributed by atoms with E-state index in [1.54, 1.807) is 0 Å². The third-order valence-electron chi connectivity index (χ3n) is 3.09. The van der Waals surface area contributed by atoms with Gasteiger partial charge in [0.05, 0.1) is 17.6 Å². The molecule has 0 heterocycles. The Labute approximate surface area is 132 Å². The molecule has 2 rings (SSSR count). The molecule has 23 heavy (non-hydrogen) atoms. The molecule has 6 nitrogen and oxygen atoms in total. The zero-order valence-corrected chi connectivity index (χ0v) is 12.9. The molecule has 0 radical (unpaired) electrons. The molecule has 0 bridgehead atoms. The second-order valence-electron chi connectivity index (χ2n) is 4.62. The van der Waals surface area contributed by atoms with E-state index in [4.69, 9.17) is 9.84 Å². The molecule has 0 aliphatic rings. The summed E-state index contributed by atoms with van der Waals surface area (Å²) in [5.74, 6) is -1.66. The third kappa shape index (κ3) is 4.05. The van der Waals surface area contributed by atoms with Gasteiger partial charge in [-0.25, -0.2) is 22.3 Å². The fourth-order valence-corrected chi connectivity index (χ4v) is 2.88. The Kier molecular flexibility index (Phi) is 4.97. The first-order valence-corrected chi connectivity index (χ1v) is 7.97. The summed E-state index contributed by atoms with van der Waals surface area (Å²) in [7, 11) is -2.49. The van der Waals surface area contributed by atoms with Crippen LogP contribution in [0.25, 0.3) is 0 Å². The van der Waals surface area contributed by atoms with Gasteiger partial charge in [-0.3, -0.25) is 0 Å². The van der Waals surface area contributed by atoms with E-state index in [1.165, 1.54) is 49.6 Å². The van der Waals surface area contributed by atoms with Gasteiger partial charge in [0.25, 0.3) is 0 Å². The lowest BCUT2D eigenvalue weighted by atomic mass is 10.2. The highest BCUT2D eigenvalue weighted by Crippen LogP contribution is 2.18. The minimum atomic E-state index is -3.83. The number of hydrogen-bond acceptors (Lipinski definition) is 4. The second kappa shape index (κ2) is 6.76. The number of sulfonamides is 1. The van der Waals surface area contributed by atoms with Crippen LogP contribution in [0.1, 0.15) is 15.9 Å². The van der Waals surface area contributed by atoms with E-state index in [1.807, 2.05) is 0 Å². The lowest BCUT2D eigenvalue weighted by molar-refractivity contribution is 0.0696. The summed E-state index contributed by atoms with van der Waals surface area (Å²) < 4.78 is 44.9. The van der Waals surface area contributed by atoms with Gasteiger partial charge >= 0.3 is 5.97 Å². The van der Waals surface area contributed by atoms with Crippen LogP contribution in [0, 0.1) is 5.82 Å². The van der Waals surface area contributed by atoms with Crippen LogP contribution in [-0.2, 0) is 16.6 Å². The van der Waals surface area contributed by atoms with Crippen LogP contribution in [0.3, 0.4) is 0 Å². The van der Waals surface area contributed by atoms with E-state index < -0.39 is 21.8 Å². The van der Waals surface area contributed by atoms with Crippen molar-refractivity contribution >= 4 is 16.0 Å². The molecule has 2 aromatic carbocycles. The van der Waals surface area contributed by atoms with Crippen LogP contribution < -0.4 is 9.46 Å². The van der Waals surface area contributed by atoms with Gasteiger partial charge in [-0.05, 0) is 42.0 Å². The molecule has 0 fully saturated rings. The molecule has 122 valence electrons. The molecule has 0 aliphatic carbocycles. The minimum Gasteiger partial charge on any atom is -0.494 e. The third-order valence-corrected chi connectivity index (χ3v) is 4.51. The number of hydrogen-bond donors (Lipinski definition) is 2. The summed E-state index contributed by atoms with van der Waals surface area (Å²) in [4.78, 5) is 10.7. The van der Waals surface area contributed by atoms with Crippen molar-refractivity contribution in [3.05, 3.63) is 59.4 Å². The van der Waals surface area contributed by atoms with E-state index in [2.05, 4.69) is 4.72 Å². The predicted molar refractivity (Wildman–Crippen MR) is 80.4 cm³/mol. The Hall–Kier alpha value is -2.45. The molecule has 0 amide bonds. The van der Waals surface area contributed by atoms with Crippen molar-refractivity contribution in [2.24, 2.45) is 0 Å². The van der Waals surface area contributed by atoms with Gasteiger partial charge in [0.2, 0.25) is 10.0 Å². The van der Waals surface area contributed by atoms with Gasteiger partial charge in [-0.2, -0.15) is 0 Å². The van der Waals surface area contributed by atoms with E-state index in [0.29, 0.717) is 5.56 Å². The Balaban J connectivity index is 2.12. The number of carboxylic acids is 1. The zero-order valence-electron chi connectivity index (χ0n) is 12.1. The van der Waals surface area contributed by atoms with Crippen LogP contribution in [-0.4, -0.2) is 26.6 Å². The van der Waals surface area contributed by atoms with Crippen molar-refractivity contribution in [3.8, 4) is 5.75 Å². The molecule has 8 heteroatoms. The summed E-state index contributed by atoms with van der Waals surface area (Å²) in [5.41, 5.74) is 0.412. The standard InChI is InChI=1S/C15H14FNO5S/c1-22-14-7-2-10(8-13(14)16)9-17-23(20,21)12-5-3-11(4-6-12)15(18)19/h2-8,17H,9H2,1H3,(H,18,19). The van der Waals surface area contributed by atoms with Crippen LogP contribution in [0.2, 0.25) is 0 Å². The fraction of sp³-hybridized carbons (Fsp3) is 0.133. The molecule has 2 N–H and O–H groups in total. The molecule has 0 unspecified atom stereocenters. The second-order valence-corrected chi connectivity index (χ2v) is 6.39. The number of carboxylic acid groups (broad SMARTS) is 1. The topological polar surface area (TPSA) is 92.7 Å². The number of methoxy groups -OCH3 is 1.